The van der Waals surface area contributed by atoms with Crippen molar-refractivity contribution in [3.8, 4) is 6.07 Å². The predicted octanol–water partition coefficient (Wildman–Crippen LogP) is 3.40. The highest BCUT2D eigenvalue weighted by Crippen LogP contribution is 2.50. The molecule has 27 heavy (non-hydrogen) atoms. The Kier molecular flexibility index (Phi) is 4.57. The first kappa shape index (κ1) is 17.5. The van der Waals surface area contributed by atoms with Gasteiger partial charge in [0.2, 0.25) is 5.91 Å². The SMILES string of the molecule is Cc1cccc(C2(C(=O)N3CCC[C@@H]3CNc3ccc(C#N)nc3)CC2)c1. The third kappa shape index (κ3) is 3.40. The average molecular weight is 360 g/mol. The molecule has 5 heteroatoms. The Labute approximate surface area is 160 Å². The van der Waals surface area contributed by atoms with Crippen LogP contribution < -0.4 is 5.32 Å². The summed E-state index contributed by atoms with van der Waals surface area (Å²) in [5.74, 6) is 0.287. The number of carbonyl (C=O) groups excluding carboxylic acids is 1. The Bertz CT molecular complexity index is 880. The molecule has 1 aromatic heterocycles. The summed E-state index contributed by atoms with van der Waals surface area (Å²) in [5, 5.41) is 12.2. The topological polar surface area (TPSA) is 69.0 Å². The molecule has 2 fully saturated rings. The molecule has 1 atom stereocenters. The minimum atomic E-state index is -0.301. The van der Waals surface area contributed by atoms with Gasteiger partial charge in [0.05, 0.1) is 17.3 Å². The highest BCUT2D eigenvalue weighted by Gasteiger charge is 2.54. The monoisotopic (exact) mass is 360 g/mol. The van der Waals surface area contributed by atoms with Gasteiger partial charge in [0.1, 0.15) is 11.8 Å². The molecule has 0 spiro atoms. The van der Waals surface area contributed by atoms with Gasteiger partial charge in [-0.05, 0) is 50.3 Å². The van der Waals surface area contributed by atoms with Crippen LogP contribution in [0, 0.1) is 18.3 Å². The quantitative estimate of drug-likeness (QED) is 0.887. The lowest BCUT2D eigenvalue weighted by Crippen LogP contribution is -2.44. The molecule has 1 aliphatic carbocycles. The van der Waals surface area contributed by atoms with Gasteiger partial charge < -0.3 is 10.2 Å². The van der Waals surface area contributed by atoms with E-state index in [0.717, 1.165) is 37.9 Å². The van der Waals surface area contributed by atoms with Crippen LogP contribution in [0.25, 0.3) is 0 Å². The lowest BCUT2D eigenvalue weighted by Gasteiger charge is -2.29. The van der Waals surface area contributed by atoms with Gasteiger partial charge >= 0.3 is 0 Å². The van der Waals surface area contributed by atoms with Crippen molar-refractivity contribution >= 4 is 11.6 Å². The maximum atomic E-state index is 13.4. The molecule has 0 radical (unpaired) electrons. The summed E-state index contributed by atoms with van der Waals surface area (Å²) in [4.78, 5) is 19.6. The van der Waals surface area contributed by atoms with Gasteiger partial charge in [-0.25, -0.2) is 4.98 Å². The van der Waals surface area contributed by atoms with Crippen molar-refractivity contribution in [1.29, 1.82) is 5.26 Å². The molecule has 1 N–H and O–H groups in total. The number of aryl methyl sites for hydroxylation is 1. The highest BCUT2D eigenvalue weighted by atomic mass is 16.2. The number of amides is 1. The minimum absolute atomic E-state index is 0.204. The predicted molar refractivity (Wildman–Crippen MR) is 104 cm³/mol. The first-order valence-corrected chi connectivity index (χ1v) is 9.61. The Morgan fingerprint density at radius 2 is 2.22 bits per heavy atom. The van der Waals surface area contributed by atoms with E-state index in [-0.39, 0.29) is 17.4 Å². The number of aromatic nitrogens is 1. The van der Waals surface area contributed by atoms with E-state index in [4.69, 9.17) is 5.26 Å². The Balaban J connectivity index is 1.45. The van der Waals surface area contributed by atoms with Crippen molar-refractivity contribution in [2.75, 3.05) is 18.4 Å². The maximum Gasteiger partial charge on any atom is 0.233 e. The van der Waals surface area contributed by atoms with E-state index in [2.05, 4.69) is 46.4 Å². The zero-order chi connectivity index (χ0) is 18.9. The maximum absolute atomic E-state index is 13.4. The van der Waals surface area contributed by atoms with Crippen molar-refractivity contribution in [3.63, 3.8) is 0 Å². The van der Waals surface area contributed by atoms with Crippen LogP contribution in [0.3, 0.4) is 0 Å². The molecule has 2 heterocycles. The van der Waals surface area contributed by atoms with E-state index < -0.39 is 0 Å². The lowest BCUT2D eigenvalue weighted by molar-refractivity contribution is -0.134. The summed E-state index contributed by atoms with van der Waals surface area (Å²) >= 11 is 0. The fourth-order valence-corrected chi connectivity index (χ4v) is 4.08. The Morgan fingerprint density at radius 3 is 2.89 bits per heavy atom. The molecule has 2 aromatic rings. The third-order valence-electron chi connectivity index (χ3n) is 5.79. The molecule has 5 nitrogen and oxygen atoms in total. The molecule has 1 aliphatic heterocycles. The number of anilines is 1. The summed E-state index contributed by atoms with van der Waals surface area (Å²) in [5.41, 5.74) is 3.37. The van der Waals surface area contributed by atoms with E-state index in [1.807, 2.05) is 12.1 Å². The fraction of sp³-hybridized carbons (Fsp3) is 0.409. The second-order valence-corrected chi connectivity index (χ2v) is 7.67. The van der Waals surface area contributed by atoms with Crippen molar-refractivity contribution in [1.82, 2.24) is 9.88 Å². The van der Waals surface area contributed by atoms with Crippen LogP contribution >= 0.6 is 0 Å². The molecule has 1 amide bonds. The molecule has 138 valence electrons. The van der Waals surface area contributed by atoms with E-state index in [0.29, 0.717) is 12.2 Å². The summed E-state index contributed by atoms with van der Waals surface area (Å²) in [7, 11) is 0. The number of nitrogens with zero attached hydrogens (tertiary/aromatic N) is 3. The molecule has 1 saturated heterocycles. The number of likely N-dealkylation sites (tertiary alicyclic amines) is 1. The summed E-state index contributed by atoms with van der Waals surface area (Å²) in [6.07, 6.45) is 5.64. The summed E-state index contributed by atoms with van der Waals surface area (Å²) in [6.45, 7) is 3.63. The standard InChI is InChI=1S/C22H24N4O/c1-16-4-2-5-17(12-16)22(9-10-22)21(27)26-11-3-6-20(26)15-25-19-8-7-18(13-23)24-14-19/h2,4-5,7-8,12,14,20,25H,3,6,9-11,15H2,1H3/t20-/m1/s1. The summed E-state index contributed by atoms with van der Waals surface area (Å²) in [6, 6.07) is 14.2. The van der Waals surface area contributed by atoms with E-state index >= 15 is 0 Å². The van der Waals surface area contributed by atoms with Crippen LogP contribution in [0.15, 0.2) is 42.6 Å². The third-order valence-corrected chi connectivity index (χ3v) is 5.79. The molecule has 0 bridgehead atoms. The average Bonchev–Trinajstić information content (AvgIpc) is 3.38. The Morgan fingerprint density at radius 1 is 1.37 bits per heavy atom. The van der Waals surface area contributed by atoms with Crippen molar-refractivity contribution in [2.24, 2.45) is 0 Å². The molecular weight excluding hydrogens is 336 g/mol. The van der Waals surface area contributed by atoms with Gasteiger partial charge in [-0.15, -0.1) is 0 Å². The smallest absolute Gasteiger partial charge is 0.233 e. The zero-order valence-corrected chi connectivity index (χ0v) is 15.6. The molecule has 1 saturated carbocycles. The molecule has 1 aromatic carbocycles. The number of nitriles is 1. The largest absolute Gasteiger partial charge is 0.382 e. The number of benzene rings is 1. The van der Waals surface area contributed by atoms with Crippen molar-refractivity contribution in [2.45, 2.75) is 44.1 Å². The molecule has 2 aliphatic rings. The van der Waals surface area contributed by atoms with Crippen molar-refractivity contribution in [3.05, 3.63) is 59.4 Å². The van der Waals surface area contributed by atoms with Crippen LogP contribution in [-0.2, 0) is 10.2 Å². The first-order valence-electron chi connectivity index (χ1n) is 9.61. The van der Waals surface area contributed by atoms with E-state index in [1.165, 1.54) is 11.1 Å². The number of carbonyl (C=O) groups is 1. The number of pyridine rings is 1. The van der Waals surface area contributed by atoms with Gasteiger partial charge in [0.15, 0.2) is 0 Å². The minimum Gasteiger partial charge on any atom is -0.382 e. The van der Waals surface area contributed by atoms with E-state index in [1.54, 1.807) is 12.3 Å². The number of rotatable bonds is 5. The van der Waals surface area contributed by atoms with Gasteiger partial charge in [-0.1, -0.05) is 29.8 Å². The number of nitrogens with one attached hydrogen (secondary N) is 1. The lowest BCUT2D eigenvalue weighted by atomic mass is 9.92. The van der Waals surface area contributed by atoms with Crippen LogP contribution in [0.1, 0.15) is 42.5 Å². The van der Waals surface area contributed by atoms with Crippen LogP contribution in [0.5, 0.6) is 0 Å². The molecule has 4 rings (SSSR count). The van der Waals surface area contributed by atoms with Gasteiger partial charge in [0, 0.05) is 19.1 Å². The first-order chi connectivity index (χ1) is 13.1. The zero-order valence-electron chi connectivity index (χ0n) is 15.6. The van der Waals surface area contributed by atoms with Gasteiger partial charge in [-0.2, -0.15) is 5.26 Å². The second-order valence-electron chi connectivity index (χ2n) is 7.67. The normalized spacial score (nSPS) is 20.1. The molecular formula is C22H24N4O. The Hall–Kier alpha value is -2.87. The number of hydrogen-bond donors (Lipinski definition) is 1. The summed E-state index contributed by atoms with van der Waals surface area (Å²) < 4.78 is 0. The van der Waals surface area contributed by atoms with Crippen LogP contribution in [0.2, 0.25) is 0 Å². The van der Waals surface area contributed by atoms with Crippen LogP contribution in [-0.4, -0.2) is 34.9 Å². The van der Waals surface area contributed by atoms with Crippen LogP contribution in [0.4, 0.5) is 5.69 Å². The van der Waals surface area contributed by atoms with E-state index in [9.17, 15) is 4.79 Å². The van der Waals surface area contributed by atoms with Gasteiger partial charge in [-0.3, -0.25) is 4.79 Å². The fourth-order valence-electron chi connectivity index (χ4n) is 4.08. The highest BCUT2D eigenvalue weighted by molar-refractivity contribution is 5.91. The molecule has 0 unspecified atom stereocenters. The second kappa shape index (κ2) is 7.03. The van der Waals surface area contributed by atoms with Crippen molar-refractivity contribution < 1.29 is 4.79 Å². The van der Waals surface area contributed by atoms with Gasteiger partial charge in [0.25, 0.3) is 0 Å². The number of hydrogen-bond acceptors (Lipinski definition) is 4.